The van der Waals surface area contributed by atoms with E-state index in [0.717, 1.165) is 63.7 Å². The number of hydrogen-bond acceptors (Lipinski definition) is 3. The van der Waals surface area contributed by atoms with E-state index in [1.807, 2.05) is 30.3 Å². The van der Waals surface area contributed by atoms with Crippen LogP contribution < -0.4 is 15.4 Å². The van der Waals surface area contributed by atoms with Gasteiger partial charge in [-0.05, 0) is 51.7 Å². The Kier molecular flexibility index (Phi) is 7.89. The van der Waals surface area contributed by atoms with Crippen molar-refractivity contribution in [2.45, 2.75) is 45.1 Å². The van der Waals surface area contributed by atoms with Gasteiger partial charge in [-0.25, -0.2) is 0 Å². The molecule has 1 fully saturated rings. The summed E-state index contributed by atoms with van der Waals surface area (Å²) in [7, 11) is 0. The number of guanidine groups is 1. The van der Waals surface area contributed by atoms with Crippen molar-refractivity contribution in [1.29, 1.82) is 0 Å². The summed E-state index contributed by atoms with van der Waals surface area (Å²) in [6.45, 7) is 8.29. The summed E-state index contributed by atoms with van der Waals surface area (Å²) in [6, 6.07) is 9.95. The van der Waals surface area contributed by atoms with Crippen molar-refractivity contribution >= 4 is 5.96 Å². The molecule has 0 bridgehead atoms. The lowest BCUT2D eigenvalue weighted by Gasteiger charge is -2.21. The quantitative estimate of drug-likeness (QED) is 0.414. The topological polar surface area (TPSA) is 54.9 Å². The monoisotopic (exact) mass is 333 g/mol. The first-order valence-electron chi connectivity index (χ1n) is 9.06. The minimum absolute atomic E-state index is 0.0914. The zero-order valence-electron chi connectivity index (χ0n) is 15.0. The van der Waals surface area contributed by atoms with E-state index in [2.05, 4.69) is 29.5 Å². The minimum atomic E-state index is -0.0914. The van der Waals surface area contributed by atoms with Crippen LogP contribution in [-0.4, -0.2) is 44.4 Å². The maximum Gasteiger partial charge on any atom is 0.191 e. The highest BCUT2D eigenvalue weighted by Crippen LogP contribution is 2.24. The van der Waals surface area contributed by atoms with Gasteiger partial charge in [-0.15, -0.1) is 0 Å². The molecule has 5 heteroatoms. The van der Waals surface area contributed by atoms with Gasteiger partial charge < -0.3 is 20.1 Å². The molecule has 1 aliphatic rings. The molecule has 2 rings (SSSR count). The number of benzene rings is 1. The molecule has 1 aromatic rings. The third-order valence-electron chi connectivity index (χ3n) is 4.09. The Morgan fingerprint density at radius 2 is 2.08 bits per heavy atom. The standard InChI is InChI=1S/C19H31N3O2/c1-3-20-18(22-16-19(2)12-9-15-24-19)21-13-7-8-14-23-17-10-5-4-6-11-17/h4-6,10-11H,3,7-9,12-16H2,1-2H3,(H2,20,21,22). The summed E-state index contributed by atoms with van der Waals surface area (Å²) in [4.78, 5) is 4.67. The second-order valence-electron chi connectivity index (χ2n) is 6.39. The summed E-state index contributed by atoms with van der Waals surface area (Å²) in [5.41, 5.74) is -0.0914. The average Bonchev–Trinajstić information content (AvgIpc) is 3.03. The fourth-order valence-electron chi connectivity index (χ4n) is 2.69. The molecule has 1 unspecified atom stereocenters. The van der Waals surface area contributed by atoms with Crippen LogP contribution in [0.1, 0.15) is 39.5 Å². The van der Waals surface area contributed by atoms with E-state index in [-0.39, 0.29) is 5.60 Å². The highest BCUT2D eigenvalue weighted by Gasteiger charge is 2.29. The third kappa shape index (κ3) is 6.79. The van der Waals surface area contributed by atoms with Crippen LogP contribution in [0.2, 0.25) is 0 Å². The zero-order chi connectivity index (χ0) is 17.1. The van der Waals surface area contributed by atoms with Crippen molar-refractivity contribution in [2.75, 3.05) is 32.8 Å². The maximum atomic E-state index is 5.79. The van der Waals surface area contributed by atoms with Gasteiger partial charge in [-0.3, -0.25) is 4.99 Å². The number of nitrogens with zero attached hydrogens (tertiary/aromatic N) is 1. The molecule has 5 nitrogen and oxygen atoms in total. The van der Waals surface area contributed by atoms with Crippen LogP contribution in [0, 0.1) is 0 Å². The van der Waals surface area contributed by atoms with Crippen LogP contribution in [0.4, 0.5) is 0 Å². The zero-order valence-corrected chi connectivity index (χ0v) is 15.0. The molecule has 0 radical (unpaired) electrons. The molecule has 134 valence electrons. The lowest BCUT2D eigenvalue weighted by Crippen LogP contribution is -2.39. The van der Waals surface area contributed by atoms with Gasteiger partial charge in [0.15, 0.2) is 5.96 Å². The highest BCUT2D eigenvalue weighted by molar-refractivity contribution is 5.79. The summed E-state index contributed by atoms with van der Waals surface area (Å²) < 4.78 is 11.5. The molecule has 0 saturated carbocycles. The predicted octanol–water partition coefficient (Wildman–Crippen LogP) is 2.97. The second-order valence-corrected chi connectivity index (χ2v) is 6.39. The second kappa shape index (κ2) is 10.2. The van der Waals surface area contributed by atoms with Crippen molar-refractivity contribution in [1.82, 2.24) is 10.6 Å². The van der Waals surface area contributed by atoms with E-state index in [1.54, 1.807) is 0 Å². The highest BCUT2D eigenvalue weighted by atomic mass is 16.5. The van der Waals surface area contributed by atoms with E-state index in [9.17, 15) is 0 Å². The lowest BCUT2D eigenvalue weighted by atomic mass is 10.0. The number of hydrogen-bond donors (Lipinski definition) is 2. The molecule has 1 aliphatic heterocycles. The number of unbranched alkanes of at least 4 members (excludes halogenated alkanes) is 1. The Morgan fingerprint density at radius 1 is 1.25 bits per heavy atom. The SMILES string of the molecule is CCNC(=NCC1(C)CCCO1)NCCCCOc1ccccc1. The van der Waals surface area contributed by atoms with E-state index in [0.29, 0.717) is 6.54 Å². The first-order chi connectivity index (χ1) is 11.7. The lowest BCUT2D eigenvalue weighted by molar-refractivity contribution is 0.0283. The Morgan fingerprint density at radius 3 is 2.79 bits per heavy atom. The van der Waals surface area contributed by atoms with Gasteiger partial charge in [0.25, 0.3) is 0 Å². The summed E-state index contributed by atoms with van der Waals surface area (Å²) in [6.07, 6.45) is 4.29. The van der Waals surface area contributed by atoms with Gasteiger partial charge in [0.2, 0.25) is 0 Å². The fourth-order valence-corrected chi connectivity index (χ4v) is 2.69. The van der Waals surface area contributed by atoms with Crippen molar-refractivity contribution in [3.8, 4) is 5.75 Å². The number of nitrogens with one attached hydrogen (secondary N) is 2. The predicted molar refractivity (Wildman–Crippen MR) is 98.7 cm³/mol. The van der Waals surface area contributed by atoms with Gasteiger partial charge in [0, 0.05) is 19.7 Å². The Balaban J connectivity index is 1.62. The number of ether oxygens (including phenoxy) is 2. The first-order valence-corrected chi connectivity index (χ1v) is 9.06. The van der Waals surface area contributed by atoms with Crippen LogP contribution in [-0.2, 0) is 4.74 Å². The average molecular weight is 333 g/mol. The van der Waals surface area contributed by atoms with Crippen molar-refractivity contribution in [3.05, 3.63) is 30.3 Å². The molecule has 1 heterocycles. The minimum Gasteiger partial charge on any atom is -0.494 e. The molecular weight excluding hydrogens is 302 g/mol. The van der Waals surface area contributed by atoms with Gasteiger partial charge in [0.1, 0.15) is 5.75 Å². The van der Waals surface area contributed by atoms with E-state index in [1.165, 1.54) is 0 Å². The largest absolute Gasteiger partial charge is 0.494 e. The van der Waals surface area contributed by atoms with E-state index >= 15 is 0 Å². The maximum absolute atomic E-state index is 5.79. The van der Waals surface area contributed by atoms with Gasteiger partial charge in [-0.2, -0.15) is 0 Å². The van der Waals surface area contributed by atoms with Crippen molar-refractivity contribution < 1.29 is 9.47 Å². The van der Waals surface area contributed by atoms with Crippen LogP contribution in [0.25, 0.3) is 0 Å². The smallest absolute Gasteiger partial charge is 0.191 e. The Hall–Kier alpha value is -1.75. The van der Waals surface area contributed by atoms with Crippen LogP contribution in [0.3, 0.4) is 0 Å². The molecule has 0 aliphatic carbocycles. The number of para-hydroxylation sites is 1. The molecule has 1 atom stereocenters. The summed E-state index contributed by atoms with van der Waals surface area (Å²) >= 11 is 0. The Labute approximate surface area is 145 Å². The van der Waals surface area contributed by atoms with Gasteiger partial charge in [-0.1, -0.05) is 18.2 Å². The third-order valence-corrected chi connectivity index (χ3v) is 4.09. The van der Waals surface area contributed by atoms with E-state index < -0.39 is 0 Å². The molecule has 0 aromatic heterocycles. The molecular formula is C19H31N3O2. The van der Waals surface area contributed by atoms with Crippen LogP contribution in [0.5, 0.6) is 5.75 Å². The fraction of sp³-hybridized carbons (Fsp3) is 0.632. The first kappa shape index (κ1) is 18.6. The van der Waals surface area contributed by atoms with Gasteiger partial charge >= 0.3 is 0 Å². The molecule has 1 saturated heterocycles. The summed E-state index contributed by atoms with van der Waals surface area (Å²) in [5, 5.41) is 6.68. The van der Waals surface area contributed by atoms with Crippen molar-refractivity contribution in [3.63, 3.8) is 0 Å². The van der Waals surface area contributed by atoms with Crippen molar-refractivity contribution in [2.24, 2.45) is 4.99 Å². The molecule has 1 aromatic carbocycles. The molecule has 2 N–H and O–H groups in total. The van der Waals surface area contributed by atoms with E-state index in [4.69, 9.17) is 9.47 Å². The Bertz CT molecular complexity index is 485. The normalized spacial score (nSPS) is 20.8. The summed E-state index contributed by atoms with van der Waals surface area (Å²) in [5.74, 6) is 1.81. The molecule has 24 heavy (non-hydrogen) atoms. The van der Waals surface area contributed by atoms with Crippen LogP contribution >= 0.6 is 0 Å². The molecule has 0 amide bonds. The van der Waals surface area contributed by atoms with Crippen LogP contribution in [0.15, 0.2) is 35.3 Å². The molecule has 0 spiro atoms. The van der Waals surface area contributed by atoms with Gasteiger partial charge in [0.05, 0.1) is 18.8 Å². The number of rotatable bonds is 9. The number of aliphatic imine (C=N–C) groups is 1.